The maximum Gasteiger partial charge on any atom is 0.262 e. The Bertz CT molecular complexity index is 958. The highest BCUT2D eigenvalue weighted by Gasteiger charge is 2.44. The molecule has 0 spiro atoms. The Morgan fingerprint density at radius 1 is 0.969 bits per heavy atom. The van der Waals surface area contributed by atoms with Crippen molar-refractivity contribution in [1.82, 2.24) is 25.8 Å². The van der Waals surface area contributed by atoms with Crippen molar-refractivity contribution in [3.63, 3.8) is 0 Å². The van der Waals surface area contributed by atoms with Crippen molar-refractivity contribution in [3.05, 3.63) is 34.9 Å². The molecule has 2 saturated heterocycles. The summed E-state index contributed by atoms with van der Waals surface area (Å²) in [6.07, 6.45) is 3.84. The molecular weight excluding hydrogens is 410 g/mol. The number of fused-ring (bicyclic) bond motifs is 1. The summed E-state index contributed by atoms with van der Waals surface area (Å²) in [6.45, 7) is 4.85. The van der Waals surface area contributed by atoms with Crippen LogP contribution in [0.15, 0.2) is 18.2 Å². The minimum absolute atomic E-state index is 0.120. The number of benzene rings is 1. The van der Waals surface area contributed by atoms with Gasteiger partial charge in [0, 0.05) is 51.2 Å². The standard InChI is InChI=1S/C23H29N5O4/c29-20-7-6-19(21(30)26-20)28-22(31)15-5-4-14(12-16(15)23(28)32)13-25-17-2-1-3-18(17)27-10-8-24-9-11-27/h4-5,12,17-19,24-25H,1-3,6-11,13H2,(H,26,29,30)/t17-,18+,19?/m1/s1. The molecule has 3 atom stereocenters. The molecule has 5 rings (SSSR count). The fourth-order valence-electron chi connectivity index (χ4n) is 5.51. The smallest absolute Gasteiger partial charge is 0.262 e. The molecule has 1 aromatic carbocycles. The zero-order valence-electron chi connectivity index (χ0n) is 18.1. The molecule has 9 heteroatoms. The number of nitrogens with zero attached hydrogens (tertiary/aromatic N) is 2. The first kappa shape index (κ1) is 21.2. The SMILES string of the molecule is O=C1CCC(N2C(=O)c3ccc(CN[C@@H]4CCC[C@@H]4N4CCNCC4)cc3C2=O)C(=O)N1. The number of hydrogen-bond donors (Lipinski definition) is 3. The van der Waals surface area contributed by atoms with Gasteiger partial charge in [-0.05, 0) is 37.0 Å². The predicted octanol–water partition coefficient (Wildman–Crippen LogP) is 0.00370. The monoisotopic (exact) mass is 439 g/mol. The summed E-state index contributed by atoms with van der Waals surface area (Å²) in [7, 11) is 0. The highest BCUT2D eigenvalue weighted by molar-refractivity contribution is 6.23. The molecule has 0 aromatic heterocycles. The first-order valence-electron chi connectivity index (χ1n) is 11.6. The van der Waals surface area contributed by atoms with E-state index < -0.39 is 23.8 Å². The van der Waals surface area contributed by atoms with E-state index in [2.05, 4.69) is 20.9 Å². The van der Waals surface area contributed by atoms with Crippen LogP contribution in [0.5, 0.6) is 0 Å². The number of piperazine rings is 1. The first-order valence-corrected chi connectivity index (χ1v) is 11.6. The molecule has 1 unspecified atom stereocenters. The third-order valence-corrected chi connectivity index (χ3v) is 7.17. The van der Waals surface area contributed by atoms with E-state index >= 15 is 0 Å². The molecule has 4 aliphatic rings. The van der Waals surface area contributed by atoms with Gasteiger partial charge in [-0.25, -0.2) is 0 Å². The lowest BCUT2D eigenvalue weighted by molar-refractivity contribution is -0.136. The summed E-state index contributed by atoms with van der Waals surface area (Å²) in [4.78, 5) is 53.1. The molecular formula is C23H29N5O4. The van der Waals surface area contributed by atoms with Gasteiger partial charge in [-0.1, -0.05) is 12.5 Å². The highest BCUT2D eigenvalue weighted by Crippen LogP contribution is 2.29. The van der Waals surface area contributed by atoms with Crippen LogP contribution in [-0.2, 0) is 16.1 Å². The van der Waals surface area contributed by atoms with Crippen molar-refractivity contribution >= 4 is 23.6 Å². The highest BCUT2D eigenvalue weighted by atomic mass is 16.2. The summed E-state index contributed by atoms with van der Waals surface area (Å²) in [5, 5.41) is 9.31. The van der Waals surface area contributed by atoms with E-state index in [1.54, 1.807) is 12.1 Å². The van der Waals surface area contributed by atoms with Crippen LogP contribution in [0.25, 0.3) is 0 Å². The number of carbonyl (C=O) groups is 4. The second kappa shape index (κ2) is 8.73. The molecule has 3 N–H and O–H groups in total. The number of hydrogen-bond acceptors (Lipinski definition) is 7. The maximum absolute atomic E-state index is 13.0. The molecule has 32 heavy (non-hydrogen) atoms. The minimum atomic E-state index is -0.931. The van der Waals surface area contributed by atoms with Gasteiger partial charge in [0.1, 0.15) is 6.04 Å². The fourth-order valence-corrected chi connectivity index (χ4v) is 5.51. The van der Waals surface area contributed by atoms with Crippen LogP contribution in [0.4, 0.5) is 0 Å². The topological polar surface area (TPSA) is 111 Å². The van der Waals surface area contributed by atoms with Gasteiger partial charge in [0.25, 0.3) is 11.8 Å². The van der Waals surface area contributed by atoms with E-state index in [1.165, 1.54) is 12.8 Å². The molecule has 3 heterocycles. The Morgan fingerprint density at radius 2 is 1.75 bits per heavy atom. The molecule has 3 aliphatic heterocycles. The third kappa shape index (κ3) is 3.85. The van der Waals surface area contributed by atoms with E-state index in [4.69, 9.17) is 0 Å². The van der Waals surface area contributed by atoms with E-state index in [0.29, 0.717) is 29.8 Å². The van der Waals surface area contributed by atoms with Crippen molar-refractivity contribution in [2.24, 2.45) is 0 Å². The van der Waals surface area contributed by atoms with Gasteiger partial charge < -0.3 is 10.6 Å². The Morgan fingerprint density at radius 3 is 2.53 bits per heavy atom. The predicted molar refractivity (Wildman–Crippen MR) is 116 cm³/mol. The van der Waals surface area contributed by atoms with Crippen molar-refractivity contribution < 1.29 is 19.2 Å². The zero-order valence-corrected chi connectivity index (χ0v) is 18.1. The lowest BCUT2D eigenvalue weighted by Gasteiger charge is -2.36. The largest absolute Gasteiger partial charge is 0.314 e. The van der Waals surface area contributed by atoms with Crippen LogP contribution in [0.1, 0.15) is 58.4 Å². The maximum atomic E-state index is 13.0. The molecule has 1 aliphatic carbocycles. The van der Waals surface area contributed by atoms with Gasteiger partial charge in [0.15, 0.2) is 0 Å². The van der Waals surface area contributed by atoms with Crippen LogP contribution < -0.4 is 16.0 Å². The van der Waals surface area contributed by atoms with E-state index in [0.717, 1.165) is 43.1 Å². The number of piperidine rings is 1. The van der Waals surface area contributed by atoms with Crippen LogP contribution in [0, 0.1) is 0 Å². The Kier molecular flexibility index (Phi) is 5.79. The van der Waals surface area contributed by atoms with E-state index in [9.17, 15) is 19.2 Å². The average molecular weight is 440 g/mol. The zero-order chi connectivity index (χ0) is 22.2. The number of nitrogens with one attached hydrogen (secondary N) is 3. The lowest BCUT2D eigenvalue weighted by atomic mass is 10.0. The quantitative estimate of drug-likeness (QED) is 0.554. The summed E-state index contributed by atoms with van der Waals surface area (Å²) < 4.78 is 0. The Hall–Kier alpha value is -2.62. The third-order valence-electron chi connectivity index (χ3n) is 7.17. The normalized spacial score (nSPS) is 28.9. The second-order valence-electron chi connectivity index (χ2n) is 9.10. The molecule has 1 aromatic rings. The molecule has 0 radical (unpaired) electrons. The van der Waals surface area contributed by atoms with Gasteiger partial charge in [-0.3, -0.25) is 34.3 Å². The van der Waals surface area contributed by atoms with Crippen LogP contribution in [0.3, 0.4) is 0 Å². The summed E-state index contributed by atoms with van der Waals surface area (Å²) in [5.74, 6) is -1.88. The number of imide groups is 2. The molecule has 3 fully saturated rings. The molecule has 0 bridgehead atoms. The average Bonchev–Trinajstić information content (AvgIpc) is 3.36. The van der Waals surface area contributed by atoms with Crippen LogP contribution in [-0.4, -0.2) is 77.7 Å². The lowest BCUT2D eigenvalue weighted by Crippen LogP contribution is -2.54. The number of carbonyl (C=O) groups excluding carboxylic acids is 4. The van der Waals surface area contributed by atoms with Gasteiger partial charge >= 0.3 is 0 Å². The van der Waals surface area contributed by atoms with E-state index in [1.807, 2.05) is 6.07 Å². The summed E-state index contributed by atoms with van der Waals surface area (Å²) >= 11 is 0. The van der Waals surface area contributed by atoms with Crippen LogP contribution in [0.2, 0.25) is 0 Å². The van der Waals surface area contributed by atoms with Crippen molar-refractivity contribution in [2.75, 3.05) is 26.2 Å². The Balaban J connectivity index is 1.27. The Labute approximate surface area is 186 Å². The first-order chi connectivity index (χ1) is 15.5. The molecule has 1 saturated carbocycles. The van der Waals surface area contributed by atoms with Crippen LogP contribution >= 0.6 is 0 Å². The van der Waals surface area contributed by atoms with E-state index in [-0.39, 0.29) is 18.7 Å². The van der Waals surface area contributed by atoms with Gasteiger partial charge in [-0.15, -0.1) is 0 Å². The minimum Gasteiger partial charge on any atom is -0.314 e. The molecule has 170 valence electrons. The van der Waals surface area contributed by atoms with Gasteiger partial charge in [0.05, 0.1) is 11.1 Å². The number of amides is 4. The van der Waals surface area contributed by atoms with Gasteiger partial charge in [0.2, 0.25) is 11.8 Å². The summed E-state index contributed by atoms with van der Waals surface area (Å²) in [5.41, 5.74) is 1.60. The number of rotatable bonds is 5. The van der Waals surface area contributed by atoms with Gasteiger partial charge in [-0.2, -0.15) is 0 Å². The second-order valence-corrected chi connectivity index (χ2v) is 9.10. The van der Waals surface area contributed by atoms with Crippen molar-refractivity contribution in [2.45, 2.75) is 56.8 Å². The van der Waals surface area contributed by atoms with Crippen molar-refractivity contribution in [1.29, 1.82) is 0 Å². The molecule has 9 nitrogen and oxygen atoms in total. The van der Waals surface area contributed by atoms with Crippen molar-refractivity contribution in [3.8, 4) is 0 Å². The summed E-state index contributed by atoms with van der Waals surface area (Å²) in [6, 6.07) is 5.35. The molecule has 4 amide bonds. The fraction of sp³-hybridized carbons (Fsp3) is 0.565.